The zero-order chi connectivity index (χ0) is 18.9. The summed E-state index contributed by atoms with van der Waals surface area (Å²) in [6.45, 7) is 20.0. The van der Waals surface area contributed by atoms with Gasteiger partial charge >= 0.3 is 0 Å². The van der Waals surface area contributed by atoms with E-state index in [0.29, 0.717) is 0 Å². The lowest BCUT2D eigenvalue weighted by molar-refractivity contribution is -0.124. The van der Waals surface area contributed by atoms with Gasteiger partial charge in [0.05, 0.1) is 6.04 Å². The third-order valence-corrected chi connectivity index (χ3v) is 3.90. The maximum absolute atomic E-state index is 12.6. The van der Waals surface area contributed by atoms with Crippen LogP contribution < -0.4 is 5.32 Å². The number of hydrogen-bond acceptors (Lipinski definition) is 2. The van der Waals surface area contributed by atoms with Crippen LogP contribution in [0.4, 0.5) is 0 Å². The Hall–Kier alpha value is -1.61. The number of Topliss-reactive ketones (excluding diaryl/α,β-unsaturated/α-hetero) is 1. The third-order valence-electron chi connectivity index (χ3n) is 3.90. The predicted molar refractivity (Wildman–Crippen MR) is 107 cm³/mol. The van der Waals surface area contributed by atoms with E-state index in [1.807, 2.05) is 53.0 Å². The maximum atomic E-state index is 12.6. The first-order valence-electron chi connectivity index (χ1n) is 9.09. The molecule has 24 heavy (non-hydrogen) atoms. The molecule has 1 aromatic rings. The highest BCUT2D eigenvalue weighted by Crippen LogP contribution is 2.29. The average molecular weight is 333 g/mol. The van der Waals surface area contributed by atoms with Gasteiger partial charge in [0.1, 0.15) is 0 Å². The highest BCUT2D eigenvalue weighted by molar-refractivity contribution is 5.87. The lowest BCUT2D eigenvalue weighted by atomic mass is 9.85. The SMILES string of the molecule is C=Cc1[nH]cc(C(C)C(NC(C)C)C(=O)C(C)C)c1/C=C\C.CC. The molecule has 0 bridgehead atoms. The van der Waals surface area contributed by atoms with E-state index in [2.05, 4.69) is 43.7 Å². The first-order valence-corrected chi connectivity index (χ1v) is 9.09. The minimum Gasteiger partial charge on any atom is -0.361 e. The smallest absolute Gasteiger partial charge is 0.152 e. The Bertz CT molecular complexity index is 538. The Morgan fingerprint density at radius 2 is 1.79 bits per heavy atom. The largest absolute Gasteiger partial charge is 0.361 e. The summed E-state index contributed by atoms with van der Waals surface area (Å²) in [5.41, 5.74) is 3.28. The van der Waals surface area contributed by atoms with Gasteiger partial charge in [-0.15, -0.1) is 0 Å². The van der Waals surface area contributed by atoms with E-state index in [1.165, 1.54) is 0 Å². The summed E-state index contributed by atoms with van der Waals surface area (Å²) in [7, 11) is 0. The van der Waals surface area contributed by atoms with Crippen LogP contribution in [-0.2, 0) is 4.79 Å². The van der Waals surface area contributed by atoms with Crippen molar-refractivity contribution in [3.05, 3.63) is 35.7 Å². The molecule has 1 rings (SSSR count). The van der Waals surface area contributed by atoms with Gasteiger partial charge in [-0.1, -0.05) is 67.2 Å². The molecule has 1 heterocycles. The molecule has 2 unspecified atom stereocenters. The van der Waals surface area contributed by atoms with Crippen molar-refractivity contribution in [1.82, 2.24) is 10.3 Å². The standard InChI is InChI=1S/C19H30N2O.C2H6/c1-8-10-15-16(11-20-17(15)9-2)14(7)18(21-13(5)6)19(22)12(3)4;1-2/h8-14,18,20-21H,2H2,1,3-7H3;1-2H3/b10-8-;. The van der Waals surface area contributed by atoms with Crippen LogP contribution in [0.5, 0.6) is 0 Å². The molecule has 0 aliphatic carbocycles. The molecule has 3 nitrogen and oxygen atoms in total. The van der Waals surface area contributed by atoms with Crippen LogP contribution in [0, 0.1) is 5.92 Å². The molecule has 0 aromatic carbocycles. The number of H-pyrrole nitrogens is 1. The van der Waals surface area contributed by atoms with Crippen LogP contribution in [0.15, 0.2) is 18.9 Å². The minimum atomic E-state index is -0.183. The third kappa shape index (κ3) is 5.79. The van der Waals surface area contributed by atoms with Crippen LogP contribution in [-0.4, -0.2) is 22.9 Å². The number of aromatic amines is 1. The Morgan fingerprint density at radius 3 is 2.21 bits per heavy atom. The maximum Gasteiger partial charge on any atom is 0.152 e. The molecule has 0 fully saturated rings. The number of allylic oxidation sites excluding steroid dienone is 1. The molecule has 3 heteroatoms. The van der Waals surface area contributed by atoms with Gasteiger partial charge in [-0.25, -0.2) is 0 Å². The number of nitrogens with one attached hydrogen (secondary N) is 2. The first kappa shape index (κ1) is 22.4. The van der Waals surface area contributed by atoms with Gasteiger partial charge in [0, 0.05) is 35.3 Å². The summed E-state index contributed by atoms with van der Waals surface area (Å²) < 4.78 is 0. The number of hydrogen-bond donors (Lipinski definition) is 2. The van der Waals surface area contributed by atoms with Crippen LogP contribution in [0.2, 0.25) is 0 Å². The summed E-state index contributed by atoms with van der Waals surface area (Å²) in [4.78, 5) is 15.9. The van der Waals surface area contributed by atoms with E-state index >= 15 is 0 Å². The zero-order valence-corrected chi connectivity index (χ0v) is 16.7. The normalized spacial score (nSPS) is 13.8. The number of carbonyl (C=O) groups is 1. The summed E-state index contributed by atoms with van der Waals surface area (Å²) in [5.74, 6) is 0.365. The second-order valence-electron chi connectivity index (χ2n) is 6.42. The first-order chi connectivity index (χ1) is 11.3. The average Bonchev–Trinajstić information content (AvgIpc) is 2.96. The fourth-order valence-electron chi connectivity index (χ4n) is 2.74. The summed E-state index contributed by atoms with van der Waals surface area (Å²) in [5, 5.41) is 3.44. The van der Waals surface area contributed by atoms with E-state index < -0.39 is 0 Å². The second kappa shape index (κ2) is 11.0. The Balaban J connectivity index is 0.00000254. The minimum absolute atomic E-state index is 0.0154. The fraction of sp³-hybridized carbons (Fsp3) is 0.571. The van der Waals surface area contributed by atoms with E-state index in [4.69, 9.17) is 0 Å². The number of ketones is 1. The van der Waals surface area contributed by atoms with Gasteiger partial charge in [0.25, 0.3) is 0 Å². The summed E-state index contributed by atoms with van der Waals surface area (Å²) in [6, 6.07) is 0.0793. The van der Waals surface area contributed by atoms with E-state index in [9.17, 15) is 4.79 Å². The lowest BCUT2D eigenvalue weighted by Crippen LogP contribution is -2.46. The molecule has 0 spiro atoms. The van der Waals surface area contributed by atoms with Crippen molar-refractivity contribution >= 4 is 17.9 Å². The van der Waals surface area contributed by atoms with E-state index in [-0.39, 0.29) is 29.7 Å². The van der Waals surface area contributed by atoms with Crippen molar-refractivity contribution in [3.8, 4) is 0 Å². The van der Waals surface area contributed by atoms with Crippen molar-refractivity contribution in [2.24, 2.45) is 5.92 Å². The van der Waals surface area contributed by atoms with Gasteiger partial charge in [-0.3, -0.25) is 4.79 Å². The number of aromatic nitrogens is 1. The summed E-state index contributed by atoms with van der Waals surface area (Å²) in [6.07, 6.45) is 7.91. The van der Waals surface area contributed by atoms with Crippen LogP contribution >= 0.6 is 0 Å². The Kier molecular flexibility index (Phi) is 10.3. The molecular formula is C21H36N2O. The van der Waals surface area contributed by atoms with Crippen LogP contribution in [0.1, 0.15) is 78.1 Å². The van der Waals surface area contributed by atoms with E-state index in [0.717, 1.165) is 16.8 Å². The van der Waals surface area contributed by atoms with Crippen molar-refractivity contribution in [1.29, 1.82) is 0 Å². The highest BCUT2D eigenvalue weighted by atomic mass is 16.1. The van der Waals surface area contributed by atoms with Crippen molar-refractivity contribution in [2.75, 3.05) is 0 Å². The van der Waals surface area contributed by atoms with Crippen LogP contribution in [0.25, 0.3) is 12.2 Å². The molecule has 1 aromatic heterocycles. The molecule has 0 saturated carbocycles. The molecule has 2 atom stereocenters. The topological polar surface area (TPSA) is 44.9 Å². The molecule has 2 N–H and O–H groups in total. The monoisotopic (exact) mass is 332 g/mol. The highest BCUT2D eigenvalue weighted by Gasteiger charge is 2.30. The predicted octanol–water partition coefficient (Wildman–Crippen LogP) is 5.41. The van der Waals surface area contributed by atoms with Gasteiger partial charge in [0.2, 0.25) is 0 Å². The van der Waals surface area contributed by atoms with Crippen molar-refractivity contribution in [3.63, 3.8) is 0 Å². The van der Waals surface area contributed by atoms with Crippen LogP contribution in [0.3, 0.4) is 0 Å². The molecule has 0 amide bonds. The second-order valence-corrected chi connectivity index (χ2v) is 6.42. The zero-order valence-electron chi connectivity index (χ0n) is 16.7. The Morgan fingerprint density at radius 1 is 1.21 bits per heavy atom. The fourth-order valence-corrected chi connectivity index (χ4v) is 2.74. The molecule has 0 aliphatic heterocycles. The van der Waals surface area contributed by atoms with E-state index in [1.54, 1.807) is 0 Å². The van der Waals surface area contributed by atoms with Gasteiger partial charge in [0.15, 0.2) is 5.78 Å². The van der Waals surface area contributed by atoms with Gasteiger partial charge in [-0.2, -0.15) is 0 Å². The number of carbonyl (C=O) groups excluding carboxylic acids is 1. The van der Waals surface area contributed by atoms with Gasteiger partial charge in [-0.05, 0) is 18.6 Å². The quantitative estimate of drug-likeness (QED) is 0.668. The summed E-state index contributed by atoms with van der Waals surface area (Å²) >= 11 is 0. The van der Waals surface area contributed by atoms with Crippen molar-refractivity contribution < 1.29 is 4.79 Å². The molecule has 136 valence electrons. The van der Waals surface area contributed by atoms with Gasteiger partial charge < -0.3 is 10.3 Å². The Labute approximate surface area is 148 Å². The molecule has 0 saturated heterocycles. The number of rotatable bonds is 8. The van der Waals surface area contributed by atoms with Crippen molar-refractivity contribution in [2.45, 2.75) is 73.4 Å². The molecule has 0 aliphatic rings. The molecular weight excluding hydrogens is 296 g/mol. The molecule has 0 radical (unpaired) electrons. The lowest BCUT2D eigenvalue weighted by Gasteiger charge is -2.28.